The van der Waals surface area contributed by atoms with E-state index >= 15 is 0 Å². The maximum absolute atomic E-state index is 12.9. The van der Waals surface area contributed by atoms with Gasteiger partial charge in [0.2, 0.25) is 10.0 Å². The fourth-order valence-corrected chi connectivity index (χ4v) is 8.21. The molecule has 3 heterocycles. The Morgan fingerprint density at radius 1 is 1.05 bits per heavy atom. The van der Waals surface area contributed by atoms with E-state index in [1.54, 1.807) is 34.4 Å². The van der Waals surface area contributed by atoms with Crippen LogP contribution in [0.4, 0.5) is 4.79 Å². The molecule has 10 nitrogen and oxygen atoms in total. The van der Waals surface area contributed by atoms with E-state index in [2.05, 4.69) is 16.1 Å². The summed E-state index contributed by atoms with van der Waals surface area (Å²) in [6.45, 7) is 6.78. The van der Waals surface area contributed by atoms with Crippen LogP contribution in [0, 0.1) is 5.92 Å². The minimum absolute atomic E-state index is 0.00536. The molecule has 2 amide bonds. The van der Waals surface area contributed by atoms with Gasteiger partial charge in [-0.05, 0) is 76.6 Å². The van der Waals surface area contributed by atoms with Crippen LogP contribution in [0.1, 0.15) is 54.6 Å². The number of rotatable bonds is 10. The highest BCUT2D eigenvalue weighted by Crippen LogP contribution is 2.35. The standard InChI is InChI=1S/C29H37N3O7S3/c1-29(2,3)39-28(35)32-14-12-19(13-15-32)10-11-20-16-23-24(40-20)17-25(41-23)26(33)30-18-22(27(34)38-4)31-42(36,37)21-8-6-5-7-9-21/h5-9,16-17,19,22,31H,10-15,18H2,1-4H3,(H,30,33)/t22-/m0/s1. The van der Waals surface area contributed by atoms with Gasteiger partial charge in [0.25, 0.3) is 5.91 Å². The fourth-order valence-electron chi connectivity index (χ4n) is 4.65. The summed E-state index contributed by atoms with van der Waals surface area (Å²) in [4.78, 5) is 41.0. The Labute approximate surface area is 254 Å². The van der Waals surface area contributed by atoms with Crippen LogP contribution in [0.25, 0.3) is 9.40 Å². The van der Waals surface area contributed by atoms with E-state index < -0.39 is 33.5 Å². The third-order valence-corrected chi connectivity index (χ3v) is 10.7. The summed E-state index contributed by atoms with van der Waals surface area (Å²) in [5.74, 6) is -0.649. The van der Waals surface area contributed by atoms with E-state index in [1.165, 1.54) is 28.3 Å². The molecule has 1 saturated heterocycles. The van der Waals surface area contributed by atoms with Crippen molar-refractivity contribution in [2.45, 2.75) is 63.0 Å². The Morgan fingerprint density at radius 3 is 2.33 bits per heavy atom. The normalized spacial score (nSPS) is 15.4. The van der Waals surface area contributed by atoms with Crippen molar-refractivity contribution >= 4 is 60.1 Å². The van der Waals surface area contributed by atoms with Crippen LogP contribution in [0.15, 0.2) is 47.4 Å². The lowest BCUT2D eigenvalue weighted by molar-refractivity contribution is -0.142. The molecule has 0 unspecified atom stereocenters. The van der Waals surface area contributed by atoms with Gasteiger partial charge in [-0.15, -0.1) is 22.7 Å². The molecule has 1 atom stereocenters. The van der Waals surface area contributed by atoms with Gasteiger partial charge in [-0.1, -0.05) is 18.2 Å². The number of fused-ring (bicyclic) bond motifs is 1. The van der Waals surface area contributed by atoms with Crippen molar-refractivity contribution in [1.29, 1.82) is 0 Å². The van der Waals surface area contributed by atoms with Crippen molar-refractivity contribution in [2.75, 3.05) is 26.7 Å². The second kappa shape index (κ2) is 13.5. The van der Waals surface area contributed by atoms with E-state index in [-0.39, 0.29) is 17.5 Å². The van der Waals surface area contributed by atoms with Gasteiger partial charge in [0.1, 0.15) is 11.6 Å². The van der Waals surface area contributed by atoms with E-state index in [4.69, 9.17) is 9.47 Å². The number of aryl methyl sites for hydroxylation is 1. The third-order valence-electron chi connectivity index (χ3n) is 6.85. The van der Waals surface area contributed by atoms with E-state index in [0.29, 0.717) is 23.9 Å². The molecular formula is C29H37N3O7S3. The number of likely N-dealkylation sites (tertiary alicyclic amines) is 1. The maximum Gasteiger partial charge on any atom is 0.410 e. The predicted molar refractivity (Wildman–Crippen MR) is 163 cm³/mol. The largest absolute Gasteiger partial charge is 0.468 e. The number of benzene rings is 1. The maximum atomic E-state index is 12.9. The predicted octanol–water partition coefficient (Wildman–Crippen LogP) is 4.79. The van der Waals surface area contributed by atoms with Crippen molar-refractivity contribution in [2.24, 2.45) is 5.92 Å². The van der Waals surface area contributed by atoms with E-state index in [0.717, 1.165) is 42.2 Å². The van der Waals surface area contributed by atoms with Gasteiger partial charge in [0, 0.05) is 33.9 Å². The van der Waals surface area contributed by atoms with Crippen molar-refractivity contribution in [1.82, 2.24) is 14.9 Å². The second-order valence-corrected chi connectivity index (χ2v) is 15.2. The number of nitrogens with one attached hydrogen (secondary N) is 2. The summed E-state index contributed by atoms with van der Waals surface area (Å²) in [5, 5.41) is 2.66. The number of nitrogens with zero attached hydrogens (tertiary/aromatic N) is 1. The van der Waals surface area contributed by atoms with Crippen molar-refractivity contribution in [3.8, 4) is 0 Å². The first-order valence-corrected chi connectivity index (χ1v) is 16.9. The van der Waals surface area contributed by atoms with Crippen molar-refractivity contribution in [3.05, 3.63) is 52.2 Å². The zero-order valence-electron chi connectivity index (χ0n) is 24.2. The van der Waals surface area contributed by atoms with Crippen LogP contribution in [-0.2, 0) is 30.7 Å². The Bertz CT molecular complexity index is 1470. The minimum Gasteiger partial charge on any atom is -0.468 e. The second-order valence-electron chi connectivity index (χ2n) is 11.2. The first-order valence-electron chi connectivity index (χ1n) is 13.8. The quantitative estimate of drug-likeness (QED) is 0.306. The highest BCUT2D eigenvalue weighted by atomic mass is 32.2. The highest BCUT2D eigenvalue weighted by molar-refractivity contribution is 7.89. The number of hydrogen-bond donors (Lipinski definition) is 2. The monoisotopic (exact) mass is 635 g/mol. The molecule has 1 fully saturated rings. The molecular weight excluding hydrogens is 599 g/mol. The summed E-state index contributed by atoms with van der Waals surface area (Å²) in [6.07, 6.45) is 3.65. The lowest BCUT2D eigenvalue weighted by atomic mass is 9.92. The average Bonchev–Trinajstić information content (AvgIpc) is 3.52. The lowest BCUT2D eigenvalue weighted by Gasteiger charge is -2.33. The first kappa shape index (κ1) is 31.9. The molecule has 0 aliphatic carbocycles. The van der Waals surface area contributed by atoms with Crippen molar-refractivity contribution < 1.29 is 32.3 Å². The van der Waals surface area contributed by atoms with Gasteiger partial charge < -0.3 is 19.7 Å². The number of piperidine rings is 1. The number of esters is 1. The van der Waals surface area contributed by atoms with Crippen LogP contribution >= 0.6 is 22.7 Å². The molecule has 0 bridgehead atoms. The molecule has 3 aromatic rings. The molecule has 1 aromatic carbocycles. The number of hydrogen-bond acceptors (Lipinski definition) is 9. The Kier molecular flexibility index (Phi) is 10.3. The van der Waals surface area contributed by atoms with Crippen LogP contribution in [-0.4, -0.2) is 69.7 Å². The summed E-state index contributed by atoms with van der Waals surface area (Å²) >= 11 is 3.01. The summed E-state index contributed by atoms with van der Waals surface area (Å²) in [5.41, 5.74) is -0.491. The van der Waals surface area contributed by atoms with E-state index in [1.807, 2.05) is 26.8 Å². The molecule has 0 radical (unpaired) electrons. The first-order chi connectivity index (χ1) is 19.8. The minimum atomic E-state index is -3.99. The SMILES string of the molecule is COC(=O)[C@H](CNC(=O)c1cc2sc(CCC3CCN(C(=O)OC(C)(C)C)CC3)cc2s1)NS(=O)(=O)c1ccccc1. The van der Waals surface area contributed by atoms with Gasteiger partial charge in [-0.25, -0.2) is 13.2 Å². The number of carbonyl (C=O) groups is 3. The number of sulfonamides is 1. The lowest BCUT2D eigenvalue weighted by Crippen LogP contribution is -2.48. The number of carbonyl (C=O) groups excluding carboxylic acids is 3. The van der Waals surface area contributed by atoms with Gasteiger partial charge in [-0.2, -0.15) is 4.72 Å². The smallest absolute Gasteiger partial charge is 0.410 e. The highest BCUT2D eigenvalue weighted by Gasteiger charge is 2.28. The topological polar surface area (TPSA) is 131 Å². The summed E-state index contributed by atoms with van der Waals surface area (Å²) < 4.78 is 39.9. The molecule has 4 rings (SSSR count). The van der Waals surface area contributed by atoms with Gasteiger partial charge in [0.15, 0.2) is 0 Å². The fraction of sp³-hybridized carbons (Fsp3) is 0.483. The number of amides is 2. The van der Waals surface area contributed by atoms with Crippen LogP contribution < -0.4 is 10.0 Å². The molecule has 0 saturated carbocycles. The number of thiophene rings is 2. The molecule has 228 valence electrons. The Morgan fingerprint density at radius 2 is 1.71 bits per heavy atom. The molecule has 1 aliphatic heterocycles. The summed E-state index contributed by atoms with van der Waals surface area (Å²) in [6, 6.07) is 10.3. The number of ether oxygens (including phenoxy) is 2. The zero-order valence-corrected chi connectivity index (χ0v) is 26.6. The third kappa shape index (κ3) is 8.52. The summed E-state index contributed by atoms with van der Waals surface area (Å²) in [7, 11) is -2.83. The average molecular weight is 636 g/mol. The van der Waals surface area contributed by atoms with Gasteiger partial charge in [0.05, 0.1) is 16.9 Å². The van der Waals surface area contributed by atoms with E-state index in [9.17, 15) is 22.8 Å². The van der Waals surface area contributed by atoms with Crippen molar-refractivity contribution in [3.63, 3.8) is 0 Å². The van der Waals surface area contributed by atoms with Gasteiger partial charge in [-0.3, -0.25) is 9.59 Å². The Hall–Kier alpha value is -3.00. The van der Waals surface area contributed by atoms with Gasteiger partial charge >= 0.3 is 12.1 Å². The number of methoxy groups -OCH3 is 1. The van der Waals surface area contributed by atoms with Crippen LogP contribution in [0.5, 0.6) is 0 Å². The Balaban J connectivity index is 1.28. The molecule has 13 heteroatoms. The zero-order chi connectivity index (χ0) is 30.5. The molecule has 2 N–H and O–H groups in total. The van der Waals surface area contributed by atoms with Crippen LogP contribution in [0.2, 0.25) is 0 Å². The molecule has 1 aliphatic rings. The molecule has 2 aromatic heterocycles. The van der Waals surface area contributed by atoms with Crippen LogP contribution in [0.3, 0.4) is 0 Å². The molecule has 0 spiro atoms. The molecule has 42 heavy (non-hydrogen) atoms.